The van der Waals surface area contributed by atoms with Gasteiger partial charge in [0.05, 0.1) is 0 Å². The van der Waals surface area contributed by atoms with Crippen LogP contribution in [0.5, 0.6) is 0 Å². The van der Waals surface area contributed by atoms with Crippen molar-refractivity contribution in [2.45, 2.75) is 19.9 Å². The minimum absolute atomic E-state index is 0.170. The molecule has 1 atom stereocenters. The predicted octanol–water partition coefficient (Wildman–Crippen LogP) is 0.436. The van der Waals surface area contributed by atoms with Crippen molar-refractivity contribution in [3.8, 4) is 0 Å². The molecule has 0 saturated heterocycles. The third-order valence-electron chi connectivity index (χ3n) is 0.918. The number of carbonyl (C=O) groups is 1. The van der Waals surface area contributed by atoms with E-state index in [0.717, 1.165) is 0 Å². The summed E-state index contributed by atoms with van der Waals surface area (Å²) >= 11 is 0. The van der Waals surface area contributed by atoms with Crippen LogP contribution in [0.1, 0.15) is 13.3 Å². The van der Waals surface area contributed by atoms with Crippen molar-refractivity contribution < 1.29 is 13.6 Å². The van der Waals surface area contributed by atoms with Gasteiger partial charge in [0.1, 0.15) is 0 Å². The molecule has 0 saturated carbocycles. The zero-order valence-corrected chi connectivity index (χ0v) is 7.16. The summed E-state index contributed by atoms with van der Waals surface area (Å²) in [5.74, 6) is -0.170. The smallest absolute Gasteiger partial charge is 0.381 e. The van der Waals surface area contributed by atoms with Gasteiger partial charge in [-0.2, -0.15) is 0 Å². The minimum Gasteiger partial charge on any atom is -0.497 e. The van der Waals surface area contributed by atoms with Crippen LogP contribution in [-0.2, 0) is 13.6 Å². The maximum absolute atomic E-state index is 10.5. The molecular formula is C5H12O3Si. The largest absolute Gasteiger partial charge is 0.497 e. The first kappa shape index (κ1) is 8.65. The Balaban J connectivity index is 3.34. The van der Waals surface area contributed by atoms with Crippen LogP contribution < -0.4 is 0 Å². The van der Waals surface area contributed by atoms with Crippen LogP contribution in [0.2, 0.25) is 6.55 Å². The first-order chi connectivity index (χ1) is 4.20. The van der Waals surface area contributed by atoms with Gasteiger partial charge >= 0.3 is 9.28 Å². The van der Waals surface area contributed by atoms with Crippen molar-refractivity contribution in [3.63, 3.8) is 0 Å². The summed E-state index contributed by atoms with van der Waals surface area (Å²) in [5, 5.41) is 0. The normalized spacial score (nSPS) is 12.8. The molecular weight excluding hydrogens is 136 g/mol. The fraction of sp³-hybridized carbons (Fsp3) is 0.800. The van der Waals surface area contributed by atoms with Gasteiger partial charge in [-0.25, -0.2) is 0 Å². The first-order valence-electron chi connectivity index (χ1n) is 2.93. The van der Waals surface area contributed by atoms with E-state index in [0.29, 0.717) is 6.42 Å². The van der Waals surface area contributed by atoms with Crippen LogP contribution >= 0.6 is 0 Å². The molecule has 54 valence electrons. The second-order valence-corrected chi connectivity index (χ2v) is 3.49. The van der Waals surface area contributed by atoms with Crippen molar-refractivity contribution in [1.82, 2.24) is 0 Å². The van der Waals surface area contributed by atoms with Crippen LogP contribution in [0.15, 0.2) is 0 Å². The van der Waals surface area contributed by atoms with Gasteiger partial charge in [0.25, 0.3) is 5.97 Å². The van der Waals surface area contributed by atoms with Gasteiger partial charge in [-0.05, 0) is 6.55 Å². The average molecular weight is 148 g/mol. The second-order valence-electron chi connectivity index (χ2n) is 1.65. The molecule has 0 aromatic heterocycles. The van der Waals surface area contributed by atoms with Gasteiger partial charge in [0.15, 0.2) is 0 Å². The molecule has 0 aromatic carbocycles. The standard InChI is InChI=1S/C5H12O3Si/c1-4-5(6)8-9(3)7-2/h9H,4H2,1-3H3. The van der Waals surface area contributed by atoms with Crippen molar-refractivity contribution in [3.05, 3.63) is 0 Å². The van der Waals surface area contributed by atoms with Crippen LogP contribution in [0.3, 0.4) is 0 Å². The molecule has 0 spiro atoms. The van der Waals surface area contributed by atoms with E-state index >= 15 is 0 Å². The summed E-state index contributed by atoms with van der Waals surface area (Å²) in [7, 11) is -0.0510. The zero-order valence-electron chi connectivity index (χ0n) is 6.01. The Hall–Kier alpha value is -0.353. The number of hydrogen-bond acceptors (Lipinski definition) is 3. The quantitative estimate of drug-likeness (QED) is 0.545. The molecule has 9 heavy (non-hydrogen) atoms. The van der Waals surface area contributed by atoms with E-state index in [4.69, 9.17) is 8.85 Å². The number of hydrogen-bond donors (Lipinski definition) is 0. The number of carbonyl (C=O) groups excluding carboxylic acids is 1. The maximum Gasteiger partial charge on any atom is 0.381 e. The summed E-state index contributed by atoms with van der Waals surface area (Å²) in [5.41, 5.74) is 0. The van der Waals surface area contributed by atoms with E-state index in [-0.39, 0.29) is 5.97 Å². The predicted molar refractivity (Wildman–Crippen MR) is 36.4 cm³/mol. The third-order valence-corrected chi connectivity index (χ3v) is 2.18. The van der Waals surface area contributed by atoms with Crippen molar-refractivity contribution in [1.29, 1.82) is 0 Å². The Bertz CT molecular complexity index is 94.2. The Labute approximate surface area is 56.8 Å². The highest BCUT2D eigenvalue weighted by Gasteiger charge is 2.07. The van der Waals surface area contributed by atoms with Gasteiger partial charge in [-0.15, -0.1) is 0 Å². The fourth-order valence-electron chi connectivity index (χ4n) is 0.317. The lowest BCUT2D eigenvalue weighted by Gasteiger charge is -2.07. The Morgan fingerprint density at radius 1 is 1.67 bits per heavy atom. The van der Waals surface area contributed by atoms with E-state index < -0.39 is 9.28 Å². The Morgan fingerprint density at radius 3 is 2.56 bits per heavy atom. The molecule has 0 aliphatic heterocycles. The van der Waals surface area contributed by atoms with Gasteiger partial charge in [0, 0.05) is 13.5 Å². The van der Waals surface area contributed by atoms with E-state index in [1.165, 1.54) is 0 Å². The molecule has 0 rings (SSSR count). The lowest BCUT2D eigenvalue weighted by molar-refractivity contribution is -0.135. The van der Waals surface area contributed by atoms with Crippen LogP contribution in [0, 0.1) is 0 Å². The average Bonchev–Trinajstić information content (AvgIpc) is 1.87. The first-order valence-corrected chi connectivity index (χ1v) is 5.02. The fourth-order valence-corrected chi connectivity index (χ4v) is 0.950. The molecule has 4 heteroatoms. The number of rotatable bonds is 3. The van der Waals surface area contributed by atoms with Crippen LogP contribution in [-0.4, -0.2) is 22.4 Å². The summed E-state index contributed by atoms with van der Waals surface area (Å²) in [6.45, 7) is 3.58. The Kier molecular flexibility index (Phi) is 4.34. The van der Waals surface area contributed by atoms with Crippen molar-refractivity contribution >= 4 is 15.3 Å². The van der Waals surface area contributed by atoms with Gasteiger partial charge < -0.3 is 8.85 Å². The molecule has 1 unspecified atom stereocenters. The molecule has 0 radical (unpaired) electrons. The molecule has 0 aliphatic rings. The summed E-state index contributed by atoms with van der Waals surface area (Å²) in [4.78, 5) is 10.5. The van der Waals surface area contributed by atoms with E-state index in [1.54, 1.807) is 14.0 Å². The summed E-state index contributed by atoms with van der Waals surface area (Å²) in [6, 6.07) is 0. The maximum atomic E-state index is 10.5. The van der Waals surface area contributed by atoms with Crippen molar-refractivity contribution in [2.75, 3.05) is 7.11 Å². The van der Waals surface area contributed by atoms with E-state index in [9.17, 15) is 4.79 Å². The Morgan fingerprint density at radius 2 is 2.22 bits per heavy atom. The highest BCUT2D eigenvalue weighted by atomic mass is 28.3. The van der Waals surface area contributed by atoms with Gasteiger partial charge in [-0.1, -0.05) is 6.92 Å². The lowest BCUT2D eigenvalue weighted by atomic mass is 10.5. The topological polar surface area (TPSA) is 35.5 Å². The van der Waals surface area contributed by atoms with E-state index in [1.807, 2.05) is 6.55 Å². The van der Waals surface area contributed by atoms with Crippen molar-refractivity contribution in [2.24, 2.45) is 0 Å². The molecule has 0 N–H and O–H groups in total. The summed E-state index contributed by atoms with van der Waals surface area (Å²) in [6.07, 6.45) is 0.431. The lowest BCUT2D eigenvalue weighted by Crippen LogP contribution is -2.20. The van der Waals surface area contributed by atoms with Crippen LogP contribution in [0.4, 0.5) is 0 Å². The molecule has 0 heterocycles. The van der Waals surface area contributed by atoms with Gasteiger partial charge in [0.2, 0.25) is 0 Å². The highest BCUT2D eigenvalue weighted by molar-refractivity contribution is 6.44. The molecule has 0 fully saturated rings. The molecule has 0 bridgehead atoms. The third kappa shape index (κ3) is 4.17. The SMILES string of the molecule is CCC(=O)O[SiH](C)OC. The second kappa shape index (κ2) is 4.52. The monoisotopic (exact) mass is 148 g/mol. The molecule has 3 nitrogen and oxygen atoms in total. The molecule has 0 aliphatic carbocycles. The molecule has 0 amide bonds. The zero-order chi connectivity index (χ0) is 7.28. The minimum atomic E-state index is -1.61. The summed E-state index contributed by atoms with van der Waals surface area (Å²) < 4.78 is 9.64. The van der Waals surface area contributed by atoms with Gasteiger partial charge in [-0.3, -0.25) is 4.79 Å². The van der Waals surface area contributed by atoms with E-state index in [2.05, 4.69) is 0 Å². The highest BCUT2D eigenvalue weighted by Crippen LogP contribution is 1.89. The molecule has 0 aromatic rings. The van der Waals surface area contributed by atoms with Crippen LogP contribution in [0.25, 0.3) is 0 Å².